The molecule has 2 unspecified atom stereocenters. The molecule has 0 amide bonds. The molecule has 0 spiro atoms. The van der Waals surface area contributed by atoms with Crippen molar-refractivity contribution in [1.29, 1.82) is 0 Å². The molecule has 28 heavy (non-hydrogen) atoms. The fourth-order valence-corrected chi connectivity index (χ4v) is 4.42. The first-order valence-corrected chi connectivity index (χ1v) is 10.1. The molecule has 0 saturated heterocycles. The van der Waals surface area contributed by atoms with Gasteiger partial charge in [0.05, 0.1) is 18.3 Å². The van der Waals surface area contributed by atoms with Crippen LogP contribution in [0.3, 0.4) is 0 Å². The summed E-state index contributed by atoms with van der Waals surface area (Å²) < 4.78 is 6.08. The first-order valence-electron chi connectivity index (χ1n) is 9.70. The average Bonchev–Trinajstić information content (AvgIpc) is 2.94. The minimum Gasteiger partial charge on any atom is -0.493 e. The first-order chi connectivity index (χ1) is 13.4. The van der Waals surface area contributed by atoms with Crippen molar-refractivity contribution >= 4 is 17.6 Å². The normalized spacial score (nSPS) is 24.3. The molecule has 2 N–H and O–H groups in total. The third-order valence-electron chi connectivity index (χ3n) is 5.93. The number of rotatable bonds is 7. The standard InChI is InChI=1S/C23H27ClO4/c1-14-4-3-5-22(15(14)2)28-13-19-18(21(25)12-20(19)24)11-8-16-6-9-17(10-7-16)23(26)27/h3-7,9-10,18-21,25H,8,11-13H2,1-2H3,(H,26,27)/t18-,19-,20?,21?/m1/s1. The van der Waals surface area contributed by atoms with E-state index in [4.69, 9.17) is 21.4 Å². The molecular weight excluding hydrogens is 376 g/mol. The Morgan fingerprint density at radius 3 is 2.54 bits per heavy atom. The van der Waals surface area contributed by atoms with Crippen LogP contribution in [0.5, 0.6) is 5.75 Å². The lowest BCUT2D eigenvalue weighted by Crippen LogP contribution is -2.27. The Bertz CT molecular complexity index is 818. The number of hydrogen-bond donors (Lipinski definition) is 2. The maximum Gasteiger partial charge on any atom is 0.335 e. The summed E-state index contributed by atoms with van der Waals surface area (Å²) in [4.78, 5) is 11.0. The van der Waals surface area contributed by atoms with Crippen LogP contribution in [0.15, 0.2) is 42.5 Å². The van der Waals surface area contributed by atoms with E-state index in [-0.39, 0.29) is 22.8 Å². The van der Waals surface area contributed by atoms with E-state index in [1.165, 1.54) is 5.56 Å². The van der Waals surface area contributed by atoms with Crippen LogP contribution < -0.4 is 4.74 Å². The van der Waals surface area contributed by atoms with Gasteiger partial charge < -0.3 is 14.9 Å². The lowest BCUT2D eigenvalue weighted by atomic mass is 9.89. The summed E-state index contributed by atoms with van der Waals surface area (Å²) in [5.74, 6) is 0.0845. The SMILES string of the molecule is Cc1cccc(OC[C@H]2C(Cl)CC(O)[C@@H]2CCc2ccc(C(=O)O)cc2)c1C. The highest BCUT2D eigenvalue weighted by atomic mass is 35.5. The summed E-state index contributed by atoms with van der Waals surface area (Å²) in [6.45, 7) is 4.59. The maximum atomic E-state index is 11.0. The van der Waals surface area contributed by atoms with E-state index in [1.807, 2.05) is 31.2 Å². The van der Waals surface area contributed by atoms with Crippen molar-refractivity contribution in [3.63, 3.8) is 0 Å². The second-order valence-electron chi connectivity index (χ2n) is 7.70. The Balaban J connectivity index is 1.63. The smallest absolute Gasteiger partial charge is 0.335 e. The fraction of sp³-hybridized carbons (Fsp3) is 0.435. The number of alkyl halides is 1. The van der Waals surface area contributed by atoms with Gasteiger partial charge in [-0.3, -0.25) is 0 Å². The molecule has 0 aliphatic heterocycles. The van der Waals surface area contributed by atoms with Gasteiger partial charge in [-0.1, -0.05) is 24.3 Å². The van der Waals surface area contributed by atoms with Crippen LogP contribution in [0, 0.1) is 25.7 Å². The number of aliphatic hydroxyl groups is 1. The van der Waals surface area contributed by atoms with Crippen molar-refractivity contribution in [2.24, 2.45) is 11.8 Å². The van der Waals surface area contributed by atoms with Gasteiger partial charge in [0, 0.05) is 11.3 Å². The highest BCUT2D eigenvalue weighted by molar-refractivity contribution is 6.21. The summed E-state index contributed by atoms with van der Waals surface area (Å²) in [7, 11) is 0. The quantitative estimate of drug-likeness (QED) is 0.663. The minimum absolute atomic E-state index is 0.0618. The Hall–Kier alpha value is -2.04. The zero-order valence-electron chi connectivity index (χ0n) is 16.3. The molecule has 3 rings (SSSR count). The summed E-state index contributed by atoms with van der Waals surface area (Å²) >= 11 is 6.54. The molecule has 1 aliphatic carbocycles. The number of carboxylic acids is 1. The van der Waals surface area contributed by atoms with E-state index >= 15 is 0 Å². The molecule has 2 aromatic carbocycles. The van der Waals surface area contributed by atoms with Crippen molar-refractivity contribution < 1.29 is 19.7 Å². The minimum atomic E-state index is -0.925. The third-order valence-corrected chi connectivity index (χ3v) is 6.43. The molecule has 150 valence electrons. The number of carbonyl (C=O) groups is 1. The summed E-state index contributed by atoms with van der Waals surface area (Å²) in [6.07, 6.45) is 1.70. The molecule has 4 nitrogen and oxygen atoms in total. The topological polar surface area (TPSA) is 66.8 Å². The van der Waals surface area contributed by atoms with Crippen molar-refractivity contribution in [2.75, 3.05) is 6.61 Å². The Labute approximate surface area is 171 Å². The predicted octanol–water partition coefficient (Wildman–Crippen LogP) is 4.62. The van der Waals surface area contributed by atoms with E-state index in [0.29, 0.717) is 13.0 Å². The largest absolute Gasteiger partial charge is 0.493 e. The molecule has 0 radical (unpaired) electrons. The second kappa shape index (κ2) is 8.97. The van der Waals surface area contributed by atoms with Crippen LogP contribution >= 0.6 is 11.6 Å². The molecule has 2 aromatic rings. The highest BCUT2D eigenvalue weighted by Gasteiger charge is 2.41. The monoisotopic (exact) mass is 402 g/mol. The number of benzene rings is 2. The summed E-state index contributed by atoms with van der Waals surface area (Å²) in [5.41, 5.74) is 3.66. The predicted molar refractivity (Wildman–Crippen MR) is 110 cm³/mol. The maximum absolute atomic E-state index is 11.0. The summed E-state index contributed by atoms with van der Waals surface area (Å²) in [6, 6.07) is 12.9. The lowest BCUT2D eigenvalue weighted by molar-refractivity contribution is 0.0697. The highest BCUT2D eigenvalue weighted by Crippen LogP contribution is 2.39. The van der Waals surface area contributed by atoms with Gasteiger partial charge in [0.1, 0.15) is 5.75 Å². The molecule has 0 heterocycles. The zero-order chi connectivity index (χ0) is 20.3. The molecule has 0 bridgehead atoms. The molecule has 1 aliphatic rings. The molecule has 0 aromatic heterocycles. The second-order valence-corrected chi connectivity index (χ2v) is 8.26. The van der Waals surface area contributed by atoms with Crippen molar-refractivity contribution in [3.05, 3.63) is 64.7 Å². The van der Waals surface area contributed by atoms with Crippen LogP contribution in [0.4, 0.5) is 0 Å². The number of halogens is 1. The van der Waals surface area contributed by atoms with Crippen molar-refractivity contribution in [3.8, 4) is 5.75 Å². The van der Waals surface area contributed by atoms with Crippen molar-refractivity contribution in [1.82, 2.24) is 0 Å². The van der Waals surface area contributed by atoms with E-state index in [2.05, 4.69) is 13.0 Å². The van der Waals surface area contributed by atoms with Crippen LogP contribution in [-0.2, 0) is 6.42 Å². The third kappa shape index (κ3) is 4.68. The average molecular weight is 403 g/mol. The van der Waals surface area contributed by atoms with Crippen LogP contribution in [0.25, 0.3) is 0 Å². The van der Waals surface area contributed by atoms with Crippen molar-refractivity contribution in [2.45, 2.75) is 44.6 Å². The van der Waals surface area contributed by atoms with Gasteiger partial charge in [0.2, 0.25) is 0 Å². The van der Waals surface area contributed by atoms with Crippen LogP contribution in [-0.4, -0.2) is 34.3 Å². The molecule has 1 saturated carbocycles. The number of aromatic carboxylic acids is 1. The number of carboxylic acid groups (broad SMARTS) is 1. The van der Waals surface area contributed by atoms with E-state index in [1.54, 1.807) is 12.1 Å². The lowest BCUT2D eigenvalue weighted by Gasteiger charge is -2.24. The number of aryl methyl sites for hydroxylation is 2. The Morgan fingerprint density at radius 1 is 1.14 bits per heavy atom. The van der Waals surface area contributed by atoms with Gasteiger partial charge in [-0.25, -0.2) is 4.79 Å². The van der Waals surface area contributed by atoms with E-state index < -0.39 is 12.1 Å². The number of ether oxygens (including phenoxy) is 1. The van der Waals surface area contributed by atoms with Crippen LogP contribution in [0.1, 0.15) is 39.9 Å². The number of aliphatic hydroxyl groups excluding tert-OH is 1. The van der Waals surface area contributed by atoms with E-state index in [9.17, 15) is 9.90 Å². The molecule has 4 atom stereocenters. The van der Waals surface area contributed by atoms with Gasteiger partial charge in [-0.15, -0.1) is 11.6 Å². The van der Waals surface area contributed by atoms with Gasteiger partial charge in [-0.05, 0) is 73.9 Å². The first kappa shape index (κ1) is 20.7. The van der Waals surface area contributed by atoms with Gasteiger partial charge >= 0.3 is 5.97 Å². The van der Waals surface area contributed by atoms with Crippen LogP contribution in [0.2, 0.25) is 0 Å². The Morgan fingerprint density at radius 2 is 1.86 bits per heavy atom. The zero-order valence-corrected chi connectivity index (χ0v) is 17.0. The molecule has 1 fully saturated rings. The number of hydrogen-bond acceptors (Lipinski definition) is 3. The Kier molecular flexibility index (Phi) is 6.63. The summed E-state index contributed by atoms with van der Waals surface area (Å²) in [5, 5.41) is 19.4. The van der Waals surface area contributed by atoms with E-state index in [0.717, 1.165) is 29.7 Å². The van der Waals surface area contributed by atoms with Gasteiger partial charge in [0.15, 0.2) is 0 Å². The molecular formula is C23H27ClO4. The fourth-order valence-electron chi connectivity index (χ4n) is 3.98. The van der Waals surface area contributed by atoms with Gasteiger partial charge in [0.25, 0.3) is 0 Å². The molecule has 5 heteroatoms. The van der Waals surface area contributed by atoms with Gasteiger partial charge in [-0.2, -0.15) is 0 Å².